The SMILES string of the molecule is Cl.NCC1=CC(Cl)=[N+]C=C1F.[Cl-]. The van der Waals surface area contributed by atoms with Crippen molar-refractivity contribution in [3.8, 4) is 0 Å². The van der Waals surface area contributed by atoms with Crippen molar-refractivity contribution >= 4 is 29.2 Å². The molecule has 0 aromatic carbocycles. The molecule has 0 atom stereocenters. The third kappa shape index (κ3) is 3.54. The fourth-order valence-electron chi connectivity index (χ4n) is 0.608. The number of hydrogen-bond donors (Lipinski definition) is 1. The first-order valence-corrected chi connectivity index (χ1v) is 3.12. The van der Waals surface area contributed by atoms with Gasteiger partial charge in [0, 0.05) is 18.2 Å². The molecule has 0 bridgehead atoms. The highest BCUT2D eigenvalue weighted by molar-refractivity contribution is 6.68. The molecule has 1 radical (unpaired) electrons. The molecule has 0 fully saturated rings. The van der Waals surface area contributed by atoms with Gasteiger partial charge in [0.25, 0.3) is 6.20 Å². The smallest absolute Gasteiger partial charge is 0.345 e. The molecule has 0 unspecified atom stereocenters. The topological polar surface area (TPSA) is 40.1 Å². The van der Waals surface area contributed by atoms with Gasteiger partial charge in [0.1, 0.15) is 0 Å². The van der Waals surface area contributed by atoms with Gasteiger partial charge in [-0.1, -0.05) is 0 Å². The Labute approximate surface area is 87.2 Å². The summed E-state index contributed by atoms with van der Waals surface area (Å²) in [6.07, 6.45) is 2.47. The van der Waals surface area contributed by atoms with Crippen LogP contribution in [0.2, 0.25) is 0 Å². The minimum absolute atomic E-state index is 0. The van der Waals surface area contributed by atoms with Gasteiger partial charge < -0.3 is 18.1 Å². The monoisotopic (exact) mass is 231 g/mol. The summed E-state index contributed by atoms with van der Waals surface area (Å²) in [6.45, 7) is 0.147. The summed E-state index contributed by atoms with van der Waals surface area (Å²) in [5, 5.41) is 0.266. The molecule has 0 saturated heterocycles. The van der Waals surface area contributed by atoms with Crippen LogP contribution in [-0.2, 0) is 0 Å². The van der Waals surface area contributed by atoms with Crippen molar-refractivity contribution in [1.29, 1.82) is 0 Å². The van der Waals surface area contributed by atoms with Crippen LogP contribution in [0.1, 0.15) is 0 Å². The second-order valence-corrected chi connectivity index (χ2v) is 2.19. The van der Waals surface area contributed by atoms with E-state index < -0.39 is 5.83 Å². The molecule has 69 valence electrons. The molecule has 0 saturated carbocycles. The molecule has 1 rings (SSSR count). The molecule has 12 heavy (non-hydrogen) atoms. The van der Waals surface area contributed by atoms with Gasteiger partial charge in [-0.3, -0.25) is 0 Å². The Morgan fingerprint density at radius 2 is 2.17 bits per heavy atom. The van der Waals surface area contributed by atoms with Crippen LogP contribution in [0.25, 0.3) is 0 Å². The van der Waals surface area contributed by atoms with Gasteiger partial charge in [0.15, 0.2) is 5.83 Å². The van der Waals surface area contributed by atoms with E-state index in [0.717, 1.165) is 6.20 Å². The highest BCUT2D eigenvalue weighted by atomic mass is 35.5. The largest absolute Gasteiger partial charge is 1.00 e. The maximum atomic E-state index is 12.6. The summed E-state index contributed by atoms with van der Waals surface area (Å²) < 4.78 is 12.6. The Morgan fingerprint density at radius 3 is 2.58 bits per heavy atom. The number of hydrogen-bond acceptors (Lipinski definition) is 2. The summed E-state index contributed by atoms with van der Waals surface area (Å²) in [4.78, 5) is 3.52. The Bertz CT molecular complexity index is 235. The number of rotatable bonds is 1. The van der Waals surface area contributed by atoms with E-state index in [1.165, 1.54) is 6.08 Å². The Balaban J connectivity index is 0. The maximum absolute atomic E-state index is 12.6. The lowest BCUT2D eigenvalue weighted by Gasteiger charge is -1.96. The lowest BCUT2D eigenvalue weighted by molar-refractivity contribution is -0.00000281. The standard InChI is InChI=1S/C6H6ClFN2.2ClH/c7-6-1-4(2-9)5(8)3-10-6;;/h1,3H,2,9H2;2*1H/q+1;;/p-1. The molecule has 0 amide bonds. The average molecular weight is 232 g/mol. The zero-order chi connectivity index (χ0) is 7.56. The number of allylic oxidation sites excluding steroid dienone is 1. The molecule has 0 aromatic rings. The van der Waals surface area contributed by atoms with Crippen LogP contribution >= 0.6 is 24.0 Å². The fourth-order valence-corrected chi connectivity index (χ4v) is 0.788. The molecule has 2 nitrogen and oxygen atoms in total. The van der Waals surface area contributed by atoms with Crippen LogP contribution in [0.5, 0.6) is 0 Å². The predicted molar refractivity (Wildman–Crippen MR) is 46.6 cm³/mol. The van der Waals surface area contributed by atoms with E-state index in [1.54, 1.807) is 0 Å². The van der Waals surface area contributed by atoms with Crippen molar-refractivity contribution in [3.63, 3.8) is 0 Å². The van der Waals surface area contributed by atoms with Gasteiger partial charge >= 0.3 is 5.17 Å². The summed E-state index contributed by atoms with van der Waals surface area (Å²) >= 11 is 5.46. The molecule has 1 heterocycles. The molecular formula is C6H7Cl3FN2. The van der Waals surface area contributed by atoms with Crippen molar-refractivity contribution in [2.45, 2.75) is 0 Å². The van der Waals surface area contributed by atoms with Gasteiger partial charge in [0.2, 0.25) is 0 Å². The molecule has 1 aliphatic heterocycles. The van der Waals surface area contributed by atoms with E-state index in [0.29, 0.717) is 5.57 Å². The molecule has 6 heteroatoms. The van der Waals surface area contributed by atoms with Crippen molar-refractivity contribution in [1.82, 2.24) is 4.99 Å². The molecular weight excluding hydrogens is 225 g/mol. The van der Waals surface area contributed by atoms with Gasteiger partial charge in [0.05, 0.1) is 4.99 Å². The second kappa shape index (κ2) is 6.43. The normalized spacial score (nSPS) is 14.8. The molecule has 0 aromatic heterocycles. The third-order valence-electron chi connectivity index (χ3n) is 1.12. The summed E-state index contributed by atoms with van der Waals surface area (Å²) in [7, 11) is 0. The molecule has 0 spiro atoms. The average Bonchev–Trinajstić information content (AvgIpc) is 1.94. The summed E-state index contributed by atoms with van der Waals surface area (Å²) in [5.74, 6) is -0.410. The minimum atomic E-state index is -0.410. The number of halogens is 4. The van der Waals surface area contributed by atoms with Crippen LogP contribution in [0.4, 0.5) is 4.39 Å². The molecule has 0 aliphatic carbocycles. The van der Waals surface area contributed by atoms with E-state index >= 15 is 0 Å². The summed E-state index contributed by atoms with van der Waals surface area (Å²) in [6, 6.07) is 0. The molecule has 2 N–H and O–H groups in total. The first-order chi connectivity index (χ1) is 4.74. The van der Waals surface area contributed by atoms with Crippen LogP contribution in [0.15, 0.2) is 23.7 Å². The first-order valence-electron chi connectivity index (χ1n) is 2.74. The van der Waals surface area contributed by atoms with E-state index in [9.17, 15) is 4.39 Å². The van der Waals surface area contributed by atoms with Gasteiger partial charge in [-0.2, -0.15) is 4.39 Å². The van der Waals surface area contributed by atoms with Crippen molar-refractivity contribution in [3.05, 3.63) is 23.7 Å². The Hall–Kier alpha value is -0.0900. The lowest BCUT2D eigenvalue weighted by Crippen LogP contribution is -3.00. The predicted octanol–water partition coefficient (Wildman–Crippen LogP) is -1.91. The number of nitrogens with two attached hydrogens (primary N) is 1. The zero-order valence-electron chi connectivity index (χ0n) is 5.93. The summed E-state index contributed by atoms with van der Waals surface area (Å²) in [5.41, 5.74) is 5.58. The van der Waals surface area contributed by atoms with Gasteiger partial charge in [-0.05, 0) is 11.6 Å². The van der Waals surface area contributed by atoms with E-state index in [2.05, 4.69) is 4.99 Å². The maximum Gasteiger partial charge on any atom is 0.345 e. The highest BCUT2D eigenvalue weighted by Gasteiger charge is 2.15. The van der Waals surface area contributed by atoms with E-state index in [1.807, 2.05) is 0 Å². The zero-order valence-corrected chi connectivity index (χ0v) is 8.26. The number of aliphatic imine (C=N–C) groups is 1. The highest BCUT2D eigenvalue weighted by Crippen LogP contribution is 2.12. The third-order valence-corrected chi connectivity index (χ3v) is 1.33. The van der Waals surface area contributed by atoms with Gasteiger partial charge in [-0.15, -0.1) is 12.4 Å². The number of nitrogens with zero attached hydrogens (tertiary/aromatic N) is 1. The first kappa shape index (κ1) is 14.4. The molecule has 1 aliphatic rings. The van der Waals surface area contributed by atoms with Crippen LogP contribution in [-0.4, -0.2) is 11.7 Å². The second-order valence-electron chi connectivity index (χ2n) is 1.80. The fraction of sp³-hybridized carbons (Fsp3) is 0.167. The quantitative estimate of drug-likeness (QED) is 0.563. The van der Waals surface area contributed by atoms with E-state index in [4.69, 9.17) is 17.3 Å². The minimum Gasteiger partial charge on any atom is -1.00 e. The van der Waals surface area contributed by atoms with E-state index in [-0.39, 0.29) is 36.5 Å². The lowest BCUT2D eigenvalue weighted by atomic mass is 10.2. The van der Waals surface area contributed by atoms with Crippen LogP contribution in [0, 0.1) is 0 Å². The Kier molecular flexibility index (Phi) is 7.73. The van der Waals surface area contributed by atoms with Crippen LogP contribution < -0.4 is 23.1 Å². The van der Waals surface area contributed by atoms with Crippen molar-refractivity contribution < 1.29 is 16.8 Å². The van der Waals surface area contributed by atoms with Gasteiger partial charge in [-0.25, -0.2) is 0 Å². The Morgan fingerprint density at radius 1 is 1.58 bits per heavy atom. The van der Waals surface area contributed by atoms with Crippen LogP contribution in [0.3, 0.4) is 0 Å². The van der Waals surface area contributed by atoms with Crippen molar-refractivity contribution in [2.24, 2.45) is 5.73 Å². The van der Waals surface area contributed by atoms with Crippen molar-refractivity contribution in [2.75, 3.05) is 6.54 Å².